The zero-order valence-corrected chi connectivity index (χ0v) is 18.3. The minimum absolute atomic E-state index is 0.00853. The molecule has 0 aromatic heterocycles. The lowest BCUT2D eigenvalue weighted by molar-refractivity contribution is -0.125. The highest BCUT2D eigenvalue weighted by Crippen LogP contribution is 2.21. The Labute approximate surface area is 187 Å². The number of carbonyl (C=O) groups is 2. The number of aliphatic imine (C=N–C) groups is 1. The number of nitrogens with zero attached hydrogens (tertiary/aromatic N) is 3. The largest absolute Gasteiger partial charge is 0.366 e. The lowest BCUT2D eigenvalue weighted by atomic mass is 10.0. The van der Waals surface area contributed by atoms with E-state index in [1.165, 1.54) is 11.6 Å². The Morgan fingerprint density at radius 2 is 1.72 bits per heavy atom. The van der Waals surface area contributed by atoms with Crippen LogP contribution >= 0.6 is 0 Å². The van der Waals surface area contributed by atoms with Gasteiger partial charge in [0.05, 0.1) is 12.1 Å². The number of nitrogens with one attached hydrogen (secondary N) is 2. The molecular formula is C24H28FN5O2. The van der Waals surface area contributed by atoms with Gasteiger partial charge in [0.25, 0.3) is 0 Å². The van der Waals surface area contributed by atoms with Gasteiger partial charge in [0.15, 0.2) is 0 Å². The molecule has 2 amide bonds. The van der Waals surface area contributed by atoms with Gasteiger partial charge in [0, 0.05) is 31.9 Å². The third kappa shape index (κ3) is 4.90. The SMILES string of the molecule is CC(C)c1ccc(NC(=O)[C@H]2CC(=O)NC(N3CCN(c4ccccc4F)CC3)=N2)cc1. The second-order valence-corrected chi connectivity index (χ2v) is 8.41. The van der Waals surface area contributed by atoms with Crippen LogP contribution in [-0.2, 0) is 9.59 Å². The van der Waals surface area contributed by atoms with Crippen molar-refractivity contribution in [3.8, 4) is 0 Å². The summed E-state index contributed by atoms with van der Waals surface area (Å²) in [5.41, 5.74) is 2.44. The monoisotopic (exact) mass is 437 g/mol. The van der Waals surface area contributed by atoms with Crippen LogP contribution in [0.1, 0.15) is 31.7 Å². The van der Waals surface area contributed by atoms with E-state index < -0.39 is 6.04 Å². The number of piperazine rings is 1. The first kappa shape index (κ1) is 21.8. The number of amides is 2. The summed E-state index contributed by atoms with van der Waals surface area (Å²) in [6.45, 7) is 6.54. The minimum Gasteiger partial charge on any atom is -0.366 e. The molecule has 2 aromatic rings. The second-order valence-electron chi connectivity index (χ2n) is 8.41. The molecule has 2 heterocycles. The van der Waals surface area contributed by atoms with Crippen LogP contribution in [0.3, 0.4) is 0 Å². The molecule has 2 N–H and O–H groups in total. The number of anilines is 2. The van der Waals surface area contributed by atoms with Crippen LogP contribution in [0.4, 0.5) is 15.8 Å². The Balaban J connectivity index is 1.40. The fourth-order valence-electron chi connectivity index (χ4n) is 3.93. The first-order valence-electron chi connectivity index (χ1n) is 10.9. The van der Waals surface area contributed by atoms with E-state index in [9.17, 15) is 14.0 Å². The van der Waals surface area contributed by atoms with Crippen molar-refractivity contribution >= 4 is 29.1 Å². The van der Waals surface area contributed by atoms with Gasteiger partial charge >= 0.3 is 0 Å². The fourth-order valence-corrected chi connectivity index (χ4v) is 3.93. The number of rotatable bonds is 4. The molecule has 0 bridgehead atoms. The topological polar surface area (TPSA) is 77.0 Å². The van der Waals surface area contributed by atoms with E-state index >= 15 is 0 Å². The van der Waals surface area contributed by atoms with Gasteiger partial charge < -0.3 is 15.1 Å². The number of carbonyl (C=O) groups excluding carboxylic acids is 2. The Morgan fingerprint density at radius 1 is 1.06 bits per heavy atom. The number of guanidine groups is 1. The summed E-state index contributed by atoms with van der Waals surface area (Å²) in [5, 5.41) is 5.65. The van der Waals surface area contributed by atoms with Crippen molar-refractivity contribution in [1.29, 1.82) is 0 Å². The van der Waals surface area contributed by atoms with Gasteiger partial charge in [0.1, 0.15) is 11.9 Å². The molecule has 0 radical (unpaired) electrons. The fraction of sp³-hybridized carbons (Fsp3) is 0.375. The number of hydrogen-bond donors (Lipinski definition) is 2. The maximum Gasteiger partial charge on any atom is 0.249 e. The second kappa shape index (κ2) is 9.38. The average molecular weight is 438 g/mol. The van der Waals surface area contributed by atoms with Crippen molar-refractivity contribution in [1.82, 2.24) is 10.2 Å². The highest BCUT2D eigenvalue weighted by Gasteiger charge is 2.31. The molecular weight excluding hydrogens is 409 g/mol. The maximum atomic E-state index is 14.1. The molecule has 8 heteroatoms. The molecule has 4 rings (SSSR count). The molecule has 0 saturated carbocycles. The summed E-state index contributed by atoms with van der Waals surface area (Å²) >= 11 is 0. The maximum absolute atomic E-state index is 14.1. The summed E-state index contributed by atoms with van der Waals surface area (Å²) in [4.78, 5) is 33.5. The lowest BCUT2D eigenvalue weighted by Gasteiger charge is -2.38. The summed E-state index contributed by atoms with van der Waals surface area (Å²) < 4.78 is 14.1. The quantitative estimate of drug-likeness (QED) is 0.771. The van der Waals surface area contributed by atoms with Crippen molar-refractivity contribution in [2.45, 2.75) is 32.2 Å². The molecule has 2 aromatic carbocycles. The molecule has 1 saturated heterocycles. The van der Waals surface area contributed by atoms with E-state index in [0.717, 1.165) is 0 Å². The molecule has 32 heavy (non-hydrogen) atoms. The van der Waals surface area contributed by atoms with Crippen LogP contribution in [0.15, 0.2) is 53.5 Å². The predicted octanol–water partition coefficient (Wildman–Crippen LogP) is 2.95. The van der Waals surface area contributed by atoms with E-state index in [-0.39, 0.29) is 24.1 Å². The zero-order chi connectivity index (χ0) is 22.7. The minimum atomic E-state index is -0.784. The van der Waals surface area contributed by atoms with Gasteiger partial charge in [-0.1, -0.05) is 38.1 Å². The number of halogens is 1. The molecule has 0 unspecified atom stereocenters. The first-order valence-corrected chi connectivity index (χ1v) is 10.9. The van der Waals surface area contributed by atoms with Crippen molar-refractivity contribution in [2.24, 2.45) is 4.99 Å². The smallest absolute Gasteiger partial charge is 0.249 e. The summed E-state index contributed by atoms with van der Waals surface area (Å²) in [5.74, 6) is 0.0291. The van der Waals surface area contributed by atoms with E-state index in [1.807, 2.05) is 40.1 Å². The summed E-state index contributed by atoms with van der Waals surface area (Å²) in [6.07, 6.45) is 0.00853. The summed E-state index contributed by atoms with van der Waals surface area (Å²) in [6, 6.07) is 13.6. The van der Waals surface area contributed by atoms with Crippen LogP contribution in [0.5, 0.6) is 0 Å². The molecule has 1 fully saturated rings. The average Bonchev–Trinajstić information content (AvgIpc) is 2.79. The van der Waals surface area contributed by atoms with Crippen molar-refractivity contribution < 1.29 is 14.0 Å². The number of benzene rings is 2. The molecule has 2 aliphatic rings. The standard InChI is InChI=1S/C24H28FN5O2/c1-16(2)17-7-9-18(10-8-17)26-23(32)20-15-22(31)28-24(27-20)30-13-11-29(12-14-30)21-6-4-3-5-19(21)25/h3-10,16,20H,11-15H2,1-2H3,(H,26,32)(H,27,28,31)/t20-/m1/s1. The van der Waals surface area contributed by atoms with E-state index in [1.54, 1.807) is 12.1 Å². The molecule has 7 nitrogen and oxygen atoms in total. The van der Waals surface area contributed by atoms with E-state index in [4.69, 9.17) is 0 Å². The van der Waals surface area contributed by atoms with Gasteiger partial charge in [0.2, 0.25) is 17.8 Å². The van der Waals surface area contributed by atoms with Crippen LogP contribution in [0.2, 0.25) is 0 Å². The Bertz CT molecular complexity index is 1010. The van der Waals surface area contributed by atoms with Gasteiger partial charge in [-0.05, 0) is 35.7 Å². The van der Waals surface area contributed by atoms with Crippen molar-refractivity contribution in [3.63, 3.8) is 0 Å². The highest BCUT2D eigenvalue weighted by molar-refractivity contribution is 6.06. The highest BCUT2D eigenvalue weighted by atomic mass is 19.1. The Hall–Kier alpha value is -3.42. The number of hydrogen-bond acceptors (Lipinski definition) is 5. The lowest BCUT2D eigenvalue weighted by Crippen LogP contribution is -2.56. The van der Waals surface area contributed by atoms with Crippen LogP contribution in [0, 0.1) is 5.82 Å². The summed E-state index contributed by atoms with van der Waals surface area (Å²) in [7, 11) is 0. The molecule has 0 spiro atoms. The van der Waals surface area contributed by atoms with Crippen LogP contribution in [0.25, 0.3) is 0 Å². The zero-order valence-electron chi connectivity index (χ0n) is 18.3. The molecule has 2 aliphatic heterocycles. The predicted molar refractivity (Wildman–Crippen MR) is 123 cm³/mol. The van der Waals surface area contributed by atoms with E-state index in [0.29, 0.717) is 49.4 Å². The van der Waals surface area contributed by atoms with Crippen LogP contribution in [-0.4, -0.2) is 54.9 Å². The normalized spacial score (nSPS) is 18.9. The van der Waals surface area contributed by atoms with Crippen LogP contribution < -0.4 is 15.5 Å². The third-order valence-electron chi connectivity index (χ3n) is 5.83. The number of para-hydroxylation sites is 1. The molecule has 0 aliphatic carbocycles. The van der Waals surface area contributed by atoms with Gasteiger partial charge in [-0.15, -0.1) is 0 Å². The van der Waals surface area contributed by atoms with Crippen molar-refractivity contribution in [3.05, 3.63) is 59.9 Å². The Morgan fingerprint density at radius 3 is 2.38 bits per heavy atom. The van der Waals surface area contributed by atoms with Gasteiger partial charge in [-0.25, -0.2) is 9.38 Å². The first-order chi connectivity index (χ1) is 15.4. The molecule has 1 atom stereocenters. The van der Waals surface area contributed by atoms with Crippen molar-refractivity contribution in [2.75, 3.05) is 36.4 Å². The van der Waals surface area contributed by atoms with Gasteiger partial charge in [-0.2, -0.15) is 0 Å². The molecule has 168 valence electrons. The Kier molecular flexibility index (Phi) is 6.39. The van der Waals surface area contributed by atoms with E-state index in [2.05, 4.69) is 29.5 Å². The third-order valence-corrected chi connectivity index (χ3v) is 5.83. The van der Waals surface area contributed by atoms with Gasteiger partial charge in [-0.3, -0.25) is 14.9 Å².